The summed E-state index contributed by atoms with van der Waals surface area (Å²) in [4.78, 5) is 29.5. The van der Waals surface area contributed by atoms with Crippen molar-refractivity contribution < 1.29 is 20.4 Å². The first-order valence-corrected chi connectivity index (χ1v) is 6.68. The van der Waals surface area contributed by atoms with Gasteiger partial charge in [-0.05, 0) is 0 Å². The number of aromatic nitrogens is 3. The van der Waals surface area contributed by atoms with Crippen molar-refractivity contribution in [1.82, 2.24) is 14.5 Å². The predicted octanol–water partition coefficient (Wildman–Crippen LogP) is -2.46. The first kappa shape index (κ1) is 15.6. The number of hydrogen-bond donors (Lipinski definition) is 4. The minimum Gasteiger partial charge on any atom is -0.412 e. The van der Waals surface area contributed by atoms with Crippen molar-refractivity contribution in [2.45, 2.75) is 24.9 Å². The molecule has 0 aliphatic carbocycles. The van der Waals surface area contributed by atoms with Crippen molar-refractivity contribution in [2.75, 3.05) is 12.3 Å². The molecule has 3 atom stereocenters. The molecule has 0 aromatic carbocycles. The van der Waals surface area contributed by atoms with Crippen LogP contribution in [0.15, 0.2) is 9.59 Å². The minimum atomic E-state index is -0.984. The smallest absolute Gasteiger partial charge is 0.311 e. The number of nitrogens with one attached hydrogen (secondary N) is 1. The summed E-state index contributed by atoms with van der Waals surface area (Å²) in [7, 11) is 0. The maximum absolute atomic E-state index is 12.0. The third-order valence-corrected chi connectivity index (χ3v) is 4.06. The molecule has 116 valence electrons. The fraction of sp³-hybridized carbons (Fsp3) is 0.500. The van der Waals surface area contributed by atoms with E-state index >= 15 is 0 Å². The number of thiazole rings is 1. The molecule has 1 aliphatic rings. The van der Waals surface area contributed by atoms with Gasteiger partial charge in [-0.15, -0.1) is 0 Å². The zero-order valence-corrected chi connectivity index (χ0v) is 11.5. The van der Waals surface area contributed by atoms with Crippen LogP contribution in [0, 0.1) is 0 Å². The Labute approximate surface area is 120 Å². The molecule has 0 saturated carbocycles. The average molecular weight is 318 g/mol. The summed E-state index contributed by atoms with van der Waals surface area (Å²) in [6, 6.07) is 0. The molecule has 2 aromatic heterocycles. The van der Waals surface area contributed by atoms with Gasteiger partial charge in [0.1, 0.15) is 10.8 Å². The lowest BCUT2D eigenvalue weighted by Crippen LogP contribution is -2.27. The van der Waals surface area contributed by atoms with Crippen molar-refractivity contribution in [3.05, 3.63) is 20.0 Å². The van der Waals surface area contributed by atoms with Crippen LogP contribution >= 0.6 is 11.3 Å². The van der Waals surface area contributed by atoms with E-state index in [1.807, 2.05) is 0 Å². The van der Waals surface area contributed by atoms with Gasteiger partial charge in [0.05, 0.1) is 12.7 Å². The number of hydrogen-bond acceptors (Lipinski definition) is 8. The van der Waals surface area contributed by atoms with Gasteiger partial charge in [-0.2, -0.15) is 4.98 Å². The first-order chi connectivity index (χ1) is 9.51. The van der Waals surface area contributed by atoms with Gasteiger partial charge in [0.15, 0.2) is 11.9 Å². The van der Waals surface area contributed by atoms with Crippen molar-refractivity contribution in [3.63, 3.8) is 0 Å². The maximum atomic E-state index is 12.0. The van der Waals surface area contributed by atoms with Gasteiger partial charge in [0.2, 0.25) is 5.95 Å². The van der Waals surface area contributed by atoms with Gasteiger partial charge in [-0.3, -0.25) is 19.1 Å². The molecule has 0 unspecified atom stereocenters. The molecule has 1 saturated heterocycles. The number of aliphatic hydroxyl groups excluding tert-OH is 2. The molecule has 1 fully saturated rings. The molecule has 7 N–H and O–H groups in total. The molecule has 3 rings (SSSR count). The summed E-state index contributed by atoms with van der Waals surface area (Å²) < 4.78 is 6.63. The van der Waals surface area contributed by atoms with Crippen LogP contribution in [0.25, 0.3) is 10.3 Å². The molecule has 11 heteroatoms. The summed E-state index contributed by atoms with van der Waals surface area (Å²) in [5.74, 6) is -0.125. The molecular weight excluding hydrogens is 304 g/mol. The second-order valence-corrected chi connectivity index (χ2v) is 5.44. The summed E-state index contributed by atoms with van der Waals surface area (Å²) in [6.07, 6.45) is -2.31. The predicted molar refractivity (Wildman–Crippen MR) is 74.1 cm³/mol. The maximum Gasteiger partial charge on any atom is 0.311 e. The SMILES string of the molecule is Nc1nc2c(sc(=O)n2[C@@H]2O[C@H](CO)C[C@H]2O)c(=O)[nH]1.O. The highest BCUT2D eigenvalue weighted by atomic mass is 32.1. The van der Waals surface area contributed by atoms with Crippen LogP contribution in [0.5, 0.6) is 0 Å². The van der Waals surface area contributed by atoms with Crippen molar-refractivity contribution in [1.29, 1.82) is 0 Å². The molecule has 0 spiro atoms. The van der Waals surface area contributed by atoms with Crippen LogP contribution in [-0.4, -0.2) is 49.0 Å². The van der Waals surface area contributed by atoms with E-state index in [1.54, 1.807) is 0 Å². The molecule has 10 nitrogen and oxygen atoms in total. The van der Waals surface area contributed by atoms with E-state index in [0.717, 1.165) is 4.57 Å². The summed E-state index contributed by atoms with van der Waals surface area (Å²) in [5.41, 5.74) is 5.03. The van der Waals surface area contributed by atoms with E-state index in [4.69, 9.17) is 15.6 Å². The van der Waals surface area contributed by atoms with Crippen molar-refractivity contribution in [2.24, 2.45) is 0 Å². The summed E-state index contributed by atoms with van der Waals surface area (Å²) in [5, 5.41) is 19.0. The lowest BCUT2D eigenvalue weighted by molar-refractivity contribution is -0.0495. The van der Waals surface area contributed by atoms with E-state index in [9.17, 15) is 14.7 Å². The van der Waals surface area contributed by atoms with E-state index in [2.05, 4.69) is 9.97 Å². The Morgan fingerprint density at radius 2 is 2.24 bits per heavy atom. The van der Waals surface area contributed by atoms with Crippen LogP contribution < -0.4 is 16.2 Å². The molecule has 0 amide bonds. The number of H-pyrrole nitrogens is 1. The lowest BCUT2D eigenvalue weighted by Gasteiger charge is -2.15. The summed E-state index contributed by atoms with van der Waals surface area (Å²) in [6.45, 7) is -0.263. The topological polar surface area (TPSA) is 175 Å². The van der Waals surface area contributed by atoms with Gasteiger partial charge < -0.3 is 26.2 Å². The van der Waals surface area contributed by atoms with Crippen LogP contribution in [0.2, 0.25) is 0 Å². The minimum absolute atomic E-state index is 0. The van der Waals surface area contributed by atoms with Gasteiger partial charge >= 0.3 is 4.87 Å². The van der Waals surface area contributed by atoms with Gasteiger partial charge in [-0.25, -0.2) is 0 Å². The Morgan fingerprint density at radius 1 is 1.52 bits per heavy atom. The van der Waals surface area contributed by atoms with Crippen molar-refractivity contribution >= 4 is 27.6 Å². The third kappa shape index (κ3) is 2.45. The number of nitrogens with zero attached hydrogens (tertiary/aromatic N) is 2. The van der Waals surface area contributed by atoms with Crippen LogP contribution in [-0.2, 0) is 4.74 Å². The van der Waals surface area contributed by atoms with Gasteiger partial charge in [0, 0.05) is 6.42 Å². The third-order valence-electron chi connectivity index (χ3n) is 3.12. The zero-order chi connectivity index (χ0) is 14.4. The molecular formula is C10H14N4O6S. The number of aliphatic hydroxyl groups is 2. The Hall–Kier alpha value is -1.79. The van der Waals surface area contributed by atoms with E-state index < -0.39 is 28.9 Å². The Kier molecular flexibility index (Phi) is 4.11. The average Bonchev–Trinajstić information content (AvgIpc) is 2.89. The quantitative estimate of drug-likeness (QED) is 0.475. The number of nitrogens with two attached hydrogens (primary N) is 1. The highest BCUT2D eigenvalue weighted by Crippen LogP contribution is 2.30. The number of aromatic amines is 1. The number of anilines is 1. The molecule has 0 radical (unpaired) electrons. The largest absolute Gasteiger partial charge is 0.412 e. The van der Waals surface area contributed by atoms with Crippen molar-refractivity contribution in [3.8, 4) is 0 Å². The normalized spacial score (nSPS) is 25.1. The number of nitrogen functional groups attached to an aromatic ring is 1. The zero-order valence-electron chi connectivity index (χ0n) is 10.6. The molecule has 0 bridgehead atoms. The Bertz CT molecular complexity index is 767. The number of ether oxygens (including phenoxy) is 1. The van der Waals surface area contributed by atoms with E-state index in [0.29, 0.717) is 11.3 Å². The monoisotopic (exact) mass is 318 g/mol. The molecule has 3 heterocycles. The molecule has 2 aromatic rings. The summed E-state index contributed by atoms with van der Waals surface area (Å²) >= 11 is 0.704. The fourth-order valence-electron chi connectivity index (χ4n) is 2.25. The fourth-order valence-corrected chi connectivity index (χ4v) is 3.09. The molecule has 21 heavy (non-hydrogen) atoms. The van der Waals surface area contributed by atoms with Gasteiger partial charge in [-0.1, -0.05) is 11.3 Å². The van der Waals surface area contributed by atoms with Gasteiger partial charge in [0.25, 0.3) is 5.56 Å². The second-order valence-electron chi connectivity index (χ2n) is 4.48. The lowest BCUT2D eigenvalue weighted by atomic mass is 10.2. The standard InChI is InChI=1S/C10H12N4O5S.H2O/c11-9-12-6-5(7(17)13-9)20-10(18)14(6)8-4(16)1-3(2-15)19-8;/h3-4,8,15-16H,1-2H2,(H3,11,12,13,17);1H2/t3-,4+,8+;/m0./s1. The first-order valence-electron chi connectivity index (χ1n) is 5.86. The second kappa shape index (κ2) is 5.54. The number of rotatable bonds is 2. The molecule has 1 aliphatic heterocycles. The Balaban J connectivity index is 0.00000161. The van der Waals surface area contributed by atoms with E-state index in [-0.39, 0.29) is 34.8 Å². The van der Waals surface area contributed by atoms with E-state index in [1.165, 1.54) is 0 Å². The van der Waals surface area contributed by atoms with Crippen LogP contribution in [0.3, 0.4) is 0 Å². The van der Waals surface area contributed by atoms with Crippen LogP contribution in [0.4, 0.5) is 5.95 Å². The van der Waals surface area contributed by atoms with Crippen LogP contribution in [0.1, 0.15) is 12.6 Å². The highest BCUT2D eigenvalue weighted by Gasteiger charge is 2.37. The highest BCUT2D eigenvalue weighted by molar-refractivity contribution is 7.16. The number of fused-ring (bicyclic) bond motifs is 1. The Morgan fingerprint density at radius 3 is 2.86 bits per heavy atom.